The van der Waals surface area contributed by atoms with Crippen molar-refractivity contribution in [2.45, 2.75) is 39.3 Å². The van der Waals surface area contributed by atoms with Gasteiger partial charge in [-0.25, -0.2) is 18.6 Å². The molecule has 12 heteroatoms. The van der Waals surface area contributed by atoms with Crippen LogP contribution in [0.3, 0.4) is 0 Å². The number of rotatable bonds is 9. The van der Waals surface area contributed by atoms with Crippen molar-refractivity contribution in [2.24, 2.45) is 7.05 Å². The summed E-state index contributed by atoms with van der Waals surface area (Å²) in [6.07, 6.45) is 4.36. The van der Waals surface area contributed by atoms with Crippen molar-refractivity contribution in [1.82, 2.24) is 29.8 Å². The Balaban J connectivity index is 1.74. The fraction of sp³-hybridized carbons (Fsp3) is 0.308. The SMILES string of the molecule is CCC(C)(CNC(=O)c1c(C)nc2c(OCc3c(F)cccc3F)cc(-c3cnn(C)c3)cn12)NC(=O)O. The highest BCUT2D eigenvalue weighted by molar-refractivity contribution is 5.95. The lowest BCUT2D eigenvalue weighted by atomic mass is 9.99. The maximum absolute atomic E-state index is 14.2. The second-order valence-electron chi connectivity index (χ2n) is 9.25. The minimum atomic E-state index is -1.19. The van der Waals surface area contributed by atoms with Gasteiger partial charge in [-0.3, -0.25) is 13.9 Å². The third kappa shape index (κ3) is 5.43. The fourth-order valence-electron chi connectivity index (χ4n) is 4.03. The number of halogens is 2. The van der Waals surface area contributed by atoms with Gasteiger partial charge in [0.2, 0.25) is 0 Å². The summed E-state index contributed by atoms with van der Waals surface area (Å²) < 4.78 is 37.5. The zero-order valence-electron chi connectivity index (χ0n) is 21.4. The van der Waals surface area contributed by atoms with Crippen LogP contribution in [-0.2, 0) is 13.7 Å². The number of ether oxygens (including phenoxy) is 1. The summed E-state index contributed by atoms with van der Waals surface area (Å²) in [5, 5.41) is 18.6. The van der Waals surface area contributed by atoms with E-state index in [1.807, 2.05) is 6.92 Å². The van der Waals surface area contributed by atoms with E-state index in [2.05, 4.69) is 20.7 Å². The van der Waals surface area contributed by atoms with Crippen molar-refractivity contribution in [3.05, 3.63) is 71.4 Å². The van der Waals surface area contributed by atoms with Gasteiger partial charge in [0.25, 0.3) is 5.91 Å². The minimum absolute atomic E-state index is 0.0412. The van der Waals surface area contributed by atoms with E-state index in [4.69, 9.17) is 9.84 Å². The first-order valence-corrected chi connectivity index (χ1v) is 11.9. The van der Waals surface area contributed by atoms with Crippen molar-refractivity contribution < 1.29 is 28.2 Å². The van der Waals surface area contributed by atoms with Gasteiger partial charge in [-0.1, -0.05) is 13.0 Å². The summed E-state index contributed by atoms with van der Waals surface area (Å²) in [6.45, 7) is 4.80. The molecule has 0 aliphatic heterocycles. The van der Waals surface area contributed by atoms with Crippen molar-refractivity contribution in [3.63, 3.8) is 0 Å². The van der Waals surface area contributed by atoms with Gasteiger partial charge in [-0.05, 0) is 38.5 Å². The van der Waals surface area contributed by atoms with E-state index >= 15 is 0 Å². The number of nitrogens with one attached hydrogen (secondary N) is 2. The number of pyridine rings is 1. The lowest BCUT2D eigenvalue weighted by molar-refractivity contribution is 0.0930. The molecule has 2 amide bonds. The van der Waals surface area contributed by atoms with Crippen molar-refractivity contribution in [3.8, 4) is 16.9 Å². The van der Waals surface area contributed by atoms with Crippen molar-refractivity contribution in [1.29, 1.82) is 0 Å². The predicted octanol–water partition coefficient (Wildman–Crippen LogP) is 4.07. The number of fused-ring (bicyclic) bond motifs is 1. The number of carbonyl (C=O) groups excluding carboxylic acids is 1. The summed E-state index contributed by atoms with van der Waals surface area (Å²) in [5.41, 5.74) is 1.11. The molecule has 4 aromatic rings. The minimum Gasteiger partial charge on any atom is -0.485 e. The van der Waals surface area contributed by atoms with Crippen LogP contribution in [-0.4, -0.2) is 48.4 Å². The van der Waals surface area contributed by atoms with Crippen LogP contribution in [0.15, 0.2) is 42.9 Å². The third-order valence-electron chi connectivity index (χ3n) is 6.38. The lowest BCUT2D eigenvalue weighted by Gasteiger charge is -2.28. The van der Waals surface area contributed by atoms with Crippen LogP contribution in [0, 0.1) is 18.6 Å². The van der Waals surface area contributed by atoms with Gasteiger partial charge >= 0.3 is 6.09 Å². The molecule has 4 rings (SSSR count). The molecule has 1 unspecified atom stereocenters. The Hall–Kier alpha value is -4.48. The molecule has 0 aliphatic rings. The summed E-state index contributed by atoms with van der Waals surface area (Å²) in [6, 6.07) is 5.24. The Morgan fingerprint density at radius 1 is 1.18 bits per heavy atom. The van der Waals surface area contributed by atoms with Gasteiger partial charge < -0.3 is 20.5 Å². The van der Waals surface area contributed by atoms with E-state index < -0.39 is 35.8 Å². The fourth-order valence-corrected chi connectivity index (χ4v) is 4.03. The molecule has 200 valence electrons. The molecule has 3 N–H and O–H groups in total. The van der Waals surface area contributed by atoms with Gasteiger partial charge in [0.15, 0.2) is 11.4 Å². The summed E-state index contributed by atoms with van der Waals surface area (Å²) in [7, 11) is 1.76. The molecule has 0 radical (unpaired) electrons. The Labute approximate surface area is 217 Å². The first kappa shape index (κ1) is 26.6. The number of carbonyl (C=O) groups is 2. The quantitative estimate of drug-likeness (QED) is 0.302. The third-order valence-corrected chi connectivity index (χ3v) is 6.38. The maximum atomic E-state index is 14.2. The average molecular weight is 527 g/mol. The standard InChI is InChI=1S/C26H28F2N6O4/c1-5-26(3,32-25(36)37)14-29-24(35)22-15(2)31-23-21(38-13-18-19(27)7-6-8-20(18)28)9-16(12-34(22)23)17-10-30-33(4)11-17/h6-12,32H,5,13-14H2,1-4H3,(H,29,35)(H,36,37). The molecule has 0 saturated carbocycles. The number of nitrogens with zero attached hydrogens (tertiary/aromatic N) is 4. The molecule has 0 saturated heterocycles. The van der Waals surface area contributed by atoms with Crippen LogP contribution in [0.2, 0.25) is 0 Å². The zero-order chi connectivity index (χ0) is 27.6. The number of carboxylic acid groups (broad SMARTS) is 1. The number of imidazole rings is 1. The van der Waals surface area contributed by atoms with Gasteiger partial charge in [0.1, 0.15) is 23.9 Å². The first-order chi connectivity index (χ1) is 18.0. The monoisotopic (exact) mass is 526 g/mol. The number of aromatic nitrogens is 4. The van der Waals surface area contributed by atoms with Gasteiger partial charge in [0, 0.05) is 37.1 Å². The molecule has 0 aliphatic carbocycles. The van der Waals surface area contributed by atoms with Gasteiger partial charge in [-0.2, -0.15) is 5.10 Å². The lowest BCUT2D eigenvalue weighted by Crippen LogP contribution is -2.52. The predicted molar refractivity (Wildman–Crippen MR) is 135 cm³/mol. The Morgan fingerprint density at radius 3 is 2.50 bits per heavy atom. The molecule has 0 bridgehead atoms. The van der Waals surface area contributed by atoms with E-state index in [0.29, 0.717) is 17.7 Å². The van der Waals surface area contributed by atoms with E-state index in [-0.39, 0.29) is 29.2 Å². The molecule has 0 fully saturated rings. The summed E-state index contributed by atoms with van der Waals surface area (Å²) >= 11 is 0. The molecule has 10 nitrogen and oxygen atoms in total. The number of aryl methyl sites for hydroxylation is 2. The van der Waals surface area contributed by atoms with E-state index in [0.717, 1.165) is 17.7 Å². The second kappa shape index (κ2) is 10.5. The van der Waals surface area contributed by atoms with Crippen LogP contribution in [0.4, 0.5) is 13.6 Å². The van der Waals surface area contributed by atoms with Crippen LogP contribution in [0.5, 0.6) is 5.75 Å². The molecule has 3 aromatic heterocycles. The number of hydrogen-bond donors (Lipinski definition) is 3. The first-order valence-electron chi connectivity index (χ1n) is 11.9. The maximum Gasteiger partial charge on any atom is 0.405 e. The number of amides is 2. The van der Waals surface area contributed by atoms with Crippen LogP contribution in [0.1, 0.15) is 42.0 Å². The smallest absolute Gasteiger partial charge is 0.405 e. The summed E-state index contributed by atoms with van der Waals surface area (Å²) in [5.74, 6) is -1.74. The Bertz CT molecular complexity index is 1490. The van der Waals surface area contributed by atoms with Crippen molar-refractivity contribution in [2.75, 3.05) is 6.54 Å². The second-order valence-corrected chi connectivity index (χ2v) is 9.25. The Morgan fingerprint density at radius 2 is 1.89 bits per heavy atom. The highest BCUT2D eigenvalue weighted by Crippen LogP contribution is 2.30. The van der Waals surface area contributed by atoms with Crippen LogP contribution < -0.4 is 15.4 Å². The summed E-state index contributed by atoms with van der Waals surface area (Å²) in [4.78, 5) is 29.0. The largest absolute Gasteiger partial charge is 0.485 e. The molecule has 1 atom stereocenters. The number of benzene rings is 1. The number of hydrogen-bond acceptors (Lipinski definition) is 5. The van der Waals surface area contributed by atoms with Crippen molar-refractivity contribution >= 4 is 17.6 Å². The van der Waals surface area contributed by atoms with E-state index in [9.17, 15) is 18.4 Å². The van der Waals surface area contributed by atoms with Crippen LogP contribution >= 0.6 is 0 Å². The highest BCUT2D eigenvalue weighted by Gasteiger charge is 2.27. The molecule has 0 spiro atoms. The Kier molecular flexibility index (Phi) is 7.33. The molecule has 38 heavy (non-hydrogen) atoms. The molecular formula is C26H28F2N6O4. The topological polar surface area (TPSA) is 123 Å². The highest BCUT2D eigenvalue weighted by atomic mass is 19.1. The molecular weight excluding hydrogens is 498 g/mol. The van der Waals surface area contributed by atoms with E-state index in [1.54, 1.807) is 54.6 Å². The average Bonchev–Trinajstić information content (AvgIpc) is 3.44. The molecule has 3 heterocycles. The van der Waals surface area contributed by atoms with E-state index in [1.165, 1.54) is 6.07 Å². The van der Waals surface area contributed by atoms with Gasteiger partial charge in [-0.15, -0.1) is 0 Å². The zero-order valence-corrected chi connectivity index (χ0v) is 21.4. The van der Waals surface area contributed by atoms with Crippen LogP contribution in [0.25, 0.3) is 16.8 Å². The molecule has 1 aromatic carbocycles. The normalized spacial score (nSPS) is 12.8. The van der Waals surface area contributed by atoms with Gasteiger partial charge in [0.05, 0.1) is 23.0 Å².